The van der Waals surface area contributed by atoms with E-state index in [9.17, 15) is 4.39 Å². The summed E-state index contributed by atoms with van der Waals surface area (Å²) in [5.74, 6) is 0.607. The standard InChI is InChI=1S/C10H9FO/c1-6-5-8-3-4-9(11)7(2)10(8)12-6/h3-5H,1-2H3. The van der Waals surface area contributed by atoms with Crippen LogP contribution in [-0.4, -0.2) is 0 Å². The minimum absolute atomic E-state index is 0.211. The van der Waals surface area contributed by atoms with Gasteiger partial charge in [0.25, 0.3) is 0 Å². The molecule has 2 aromatic rings. The number of hydrogen-bond donors (Lipinski definition) is 0. The summed E-state index contributed by atoms with van der Waals surface area (Å²) < 4.78 is 18.3. The van der Waals surface area contributed by atoms with Crippen molar-refractivity contribution in [1.29, 1.82) is 0 Å². The Balaban J connectivity index is 2.89. The topological polar surface area (TPSA) is 13.1 Å². The first-order valence-corrected chi connectivity index (χ1v) is 3.84. The summed E-state index contributed by atoms with van der Waals surface area (Å²) in [5.41, 5.74) is 1.24. The zero-order valence-electron chi connectivity index (χ0n) is 7.02. The molecule has 1 aromatic carbocycles. The first kappa shape index (κ1) is 7.35. The van der Waals surface area contributed by atoms with Crippen molar-refractivity contribution in [2.75, 3.05) is 0 Å². The van der Waals surface area contributed by atoms with E-state index in [-0.39, 0.29) is 5.82 Å². The van der Waals surface area contributed by atoms with Gasteiger partial charge in [0.05, 0.1) is 0 Å². The molecule has 0 saturated carbocycles. The molecular weight excluding hydrogens is 155 g/mol. The molecule has 0 aliphatic carbocycles. The van der Waals surface area contributed by atoms with Gasteiger partial charge < -0.3 is 4.42 Å². The maximum atomic E-state index is 13.0. The van der Waals surface area contributed by atoms with Crippen LogP contribution in [0, 0.1) is 19.7 Å². The second-order valence-electron chi connectivity index (χ2n) is 2.95. The molecular formula is C10H9FO. The Bertz CT molecular complexity index is 429. The number of aryl methyl sites for hydroxylation is 2. The number of hydrogen-bond acceptors (Lipinski definition) is 1. The number of benzene rings is 1. The van der Waals surface area contributed by atoms with Crippen molar-refractivity contribution >= 4 is 11.0 Å². The fourth-order valence-electron chi connectivity index (χ4n) is 1.35. The van der Waals surface area contributed by atoms with Gasteiger partial charge >= 0.3 is 0 Å². The zero-order valence-corrected chi connectivity index (χ0v) is 7.02. The molecule has 1 nitrogen and oxygen atoms in total. The lowest BCUT2D eigenvalue weighted by molar-refractivity contribution is 0.565. The zero-order chi connectivity index (χ0) is 8.72. The van der Waals surface area contributed by atoms with E-state index in [0.29, 0.717) is 11.1 Å². The summed E-state index contributed by atoms with van der Waals surface area (Å²) in [6.45, 7) is 3.58. The molecule has 1 aromatic heterocycles. The minimum atomic E-state index is -0.211. The van der Waals surface area contributed by atoms with Crippen LogP contribution in [0.3, 0.4) is 0 Å². The normalized spacial score (nSPS) is 10.9. The predicted molar refractivity (Wildman–Crippen MR) is 45.6 cm³/mol. The third-order valence-electron chi connectivity index (χ3n) is 1.99. The van der Waals surface area contributed by atoms with E-state index >= 15 is 0 Å². The van der Waals surface area contributed by atoms with Gasteiger partial charge in [-0.3, -0.25) is 0 Å². The van der Waals surface area contributed by atoms with Gasteiger partial charge in [-0.05, 0) is 32.0 Å². The number of rotatable bonds is 0. The summed E-state index contributed by atoms with van der Waals surface area (Å²) in [6, 6.07) is 5.10. The maximum absolute atomic E-state index is 13.0. The van der Waals surface area contributed by atoms with Crippen LogP contribution in [0.25, 0.3) is 11.0 Å². The molecule has 0 atom stereocenters. The van der Waals surface area contributed by atoms with Crippen LogP contribution < -0.4 is 0 Å². The lowest BCUT2D eigenvalue weighted by atomic mass is 10.1. The van der Waals surface area contributed by atoms with Crippen LogP contribution in [0.15, 0.2) is 22.6 Å². The van der Waals surface area contributed by atoms with E-state index in [1.165, 1.54) is 6.07 Å². The maximum Gasteiger partial charge on any atom is 0.140 e. The Morgan fingerprint density at radius 1 is 1.25 bits per heavy atom. The Morgan fingerprint density at radius 2 is 2.00 bits per heavy atom. The molecule has 12 heavy (non-hydrogen) atoms. The van der Waals surface area contributed by atoms with E-state index < -0.39 is 0 Å². The Labute approximate surface area is 69.8 Å². The first-order valence-electron chi connectivity index (χ1n) is 3.84. The Morgan fingerprint density at radius 3 is 2.75 bits per heavy atom. The van der Waals surface area contributed by atoms with Crippen LogP contribution in [0.2, 0.25) is 0 Å². The van der Waals surface area contributed by atoms with Gasteiger partial charge in [-0.1, -0.05) is 0 Å². The van der Waals surface area contributed by atoms with Gasteiger partial charge in [0, 0.05) is 10.9 Å². The smallest absolute Gasteiger partial charge is 0.140 e. The minimum Gasteiger partial charge on any atom is -0.461 e. The molecule has 1 heterocycles. The van der Waals surface area contributed by atoms with Crippen LogP contribution in [-0.2, 0) is 0 Å². The fraction of sp³-hybridized carbons (Fsp3) is 0.200. The van der Waals surface area contributed by atoms with Gasteiger partial charge in [0.1, 0.15) is 17.2 Å². The lowest BCUT2D eigenvalue weighted by Crippen LogP contribution is -1.80. The highest BCUT2D eigenvalue weighted by molar-refractivity contribution is 5.80. The van der Waals surface area contributed by atoms with Crippen molar-refractivity contribution in [2.45, 2.75) is 13.8 Å². The molecule has 2 rings (SSSR count). The van der Waals surface area contributed by atoms with Crippen molar-refractivity contribution < 1.29 is 8.81 Å². The summed E-state index contributed by atoms with van der Waals surface area (Å²) in [4.78, 5) is 0. The Hall–Kier alpha value is -1.31. The van der Waals surface area contributed by atoms with Gasteiger partial charge in [-0.15, -0.1) is 0 Å². The highest BCUT2D eigenvalue weighted by Gasteiger charge is 2.06. The van der Waals surface area contributed by atoms with Crippen molar-refractivity contribution in [3.05, 3.63) is 35.3 Å². The predicted octanol–water partition coefficient (Wildman–Crippen LogP) is 3.19. The summed E-state index contributed by atoms with van der Waals surface area (Å²) in [5, 5.41) is 0.964. The van der Waals surface area contributed by atoms with Gasteiger partial charge in [-0.2, -0.15) is 0 Å². The van der Waals surface area contributed by atoms with Gasteiger partial charge in [0.2, 0.25) is 0 Å². The van der Waals surface area contributed by atoms with Crippen molar-refractivity contribution in [3.8, 4) is 0 Å². The van der Waals surface area contributed by atoms with Gasteiger partial charge in [0.15, 0.2) is 0 Å². The fourth-order valence-corrected chi connectivity index (χ4v) is 1.35. The first-order chi connectivity index (χ1) is 5.68. The second-order valence-corrected chi connectivity index (χ2v) is 2.95. The highest BCUT2D eigenvalue weighted by Crippen LogP contribution is 2.23. The number of halogens is 1. The van der Waals surface area contributed by atoms with E-state index in [0.717, 1.165) is 11.1 Å². The lowest BCUT2D eigenvalue weighted by Gasteiger charge is -1.95. The second kappa shape index (κ2) is 2.34. The number of furan rings is 1. The molecule has 0 unspecified atom stereocenters. The molecule has 0 radical (unpaired) electrons. The molecule has 0 aliphatic heterocycles. The molecule has 0 aliphatic rings. The van der Waals surface area contributed by atoms with Crippen LogP contribution >= 0.6 is 0 Å². The quantitative estimate of drug-likeness (QED) is 0.582. The van der Waals surface area contributed by atoms with Crippen molar-refractivity contribution in [2.24, 2.45) is 0 Å². The molecule has 0 bridgehead atoms. The molecule has 62 valence electrons. The third kappa shape index (κ3) is 0.916. The number of fused-ring (bicyclic) bond motifs is 1. The van der Waals surface area contributed by atoms with E-state index in [2.05, 4.69) is 0 Å². The van der Waals surface area contributed by atoms with E-state index in [1.54, 1.807) is 13.0 Å². The molecule has 0 amide bonds. The van der Waals surface area contributed by atoms with Crippen molar-refractivity contribution in [3.63, 3.8) is 0 Å². The SMILES string of the molecule is Cc1cc2ccc(F)c(C)c2o1. The third-order valence-corrected chi connectivity index (χ3v) is 1.99. The Kier molecular flexibility index (Phi) is 1.43. The monoisotopic (exact) mass is 164 g/mol. The molecule has 0 spiro atoms. The molecule has 2 heteroatoms. The molecule has 0 saturated heterocycles. The molecule has 0 N–H and O–H groups in total. The average Bonchev–Trinajstić information content (AvgIpc) is 2.39. The summed E-state index contributed by atoms with van der Waals surface area (Å²) in [7, 11) is 0. The van der Waals surface area contributed by atoms with E-state index in [4.69, 9.17) is 4.42 Å². The van der Waals surface area contributed by atoms with Crippen LogP contribution in [0.5, 0.6) is 0 Å². The van der Waals surface area contributed by atoms with Crippen molar-refractivity contribution in [1.82, 2.24) is 0 Å². The highest BCUT2D eigenvalue weighted by atomic mass is 19.1. The average molecular weight is 164 g/mol. The summed E-state index contributed by atoms with van der Waals surface area (Å²) in [6.07, 6.45) is 0. The van der Waals surface area contributed by atoms with Crippen LogP contribution in [0.4, 0.5) is 4.39 Å². The van der Waals surface area contributed by atoms with Crippen LogP contribution in [0.1, 0.15) is 11.3 Å². The van der Waals surface area contributed by atoms with E-state index in [1.807, 2.05) is 13.0 Å². The largest absolute Gasteiger partial charge is 0.461 e. The van der Waals surface area contributed by atoms with Gasteiger partial charge in [-0.25, -0.2) is 4.39 Å². The molecule has 0 fully saturated rings. The summed E-state index contributed by atoms with van der Waals surface area (Å²) >= 11 is 0.